The Morgan fingerprint density at radius 1 is 1.31 bits per heavy atom. The van der Waals surface area contributed by atoms with Gasteiger partial charge in [-0.3, -0.25) is 0 Å². The van der Waals surface area contributed by atoms with Crippen LogP contribution in [0.4, 0.5) is 5.69 Å². The van der Waals surface area contributed by atoms with Gasteiger partial charge in [-0.25, -0.2) is 0 Å². The molecule has 1 unspecified atom stereocenters. The fourth-order valence-corrected chi connectivity index (χ4v) is 1.54. The van der Waals surface area contributed by atoms with E-state index in [1.165, 1.54) is 11.3 Å². The lowest BCUT2D eigenvalue weighted by molar-refractivity contribution is 0.648. The zero-order valence-corrected chi connectivity index (χ0v) is 8.59. The van der Waals surface area contributed by atoms with Gasteiger partial charge in [0.2, 0.25) is 0 Å². The highest BCUT2D eigenvalue weighted by atomic mass is 15.0. The zero-order chi connectivity index (χ0) is 9.68. The van der Waals surface area contributed by atoms with Crippen LogP contribution in [-0.2, 0) is 0 Å². The first kappa shape index (κ1) is 10.1. The second-order valence-electron chi connectivity index (χ2n) is 2.81. The Kier molecular flexibility index (Phi) is 3.77. The average molecular weight is 178 g/mol. The maximum atomic E-state index is 3.34. The lowest BCUT2D eigenvalue weighted by Crippen LogP contribution is -2.17. The number of rotatable bonds is 1. The van der Waals surface area contributed by atoms with Crippen LogP contribution in [0.25, 0.3) is 0 Å². The summed E-state index contributed by atoms with van der Waals surface area (Å²) in [6, 6.07) is 8.91. The molecule has 0 fully saturated rings. The molecule has 1 heterocycles. The van der Waals surface area contributed by atoms with E-state index in [1.54, 1.807) is 0 Å². The fraction of sp³-hybridized carbons (Fsp3) is 0.455. The Balaban J connectivity index is 0.000000396. The number of nitrogens with one attached hydrogen (secondary N) is 2. The van der Waals surface area contributed by atoms with Gasteiger partial charge < -0.3 is 10.6 Å². The van der Waals surface area contributed by atoms with E-state index in [0.29, 0.717) is 6.04 Å². The molecule has 2 rings (SSSR count). The van der Waals surface area contributed by atoms with Crippen molar-refractivity contribution < 1.29 is 0 Å². The summed E-state index contributed by atoms with van der Waals surface area (Å²) in [4.78, 5) is 0. The highest BCUT2D eigenvalue weighted by molar-refractivity contribution is 5.57. The second-order valence-corrected chi connectivity index (χ2v) is 2.81. The Morgan fingerprint density at radius 2 is 2.00 bits per heavy atom. The molecule has 0 radical (unpaired) electrons. The van der Waals surface area contributed by atoms with Gasteiger partial charge in [0, 0.05) is 12.2 Å². The molecule has 2 nitrogen and oxygen atoms in total. The molecular formula is C11H18N2. The minimum Gasteiger partial charge on any atom is -0.383 e. The van der Waals surface area contributed by atoms with Crippen LogP contribution in [0.2, 0.25) is 0 Å². The van der Waals surface area contributed by atoms with Crippen molar-refractivity contribution in [2.24, 2.45) is 0 Å². The molecule has 1 aromatic carbocycles. The molecule has 0 bridgehead atoms. The van der Waals surface area contributed by atoms with Crippen LogP contribution in [0.1, 0.15) is 25.5 Å². The van der Waals surface area contributed by atoms with Crippen molar-refractivity contribution in [1.29, 1.82) is 0 Å². The minimum atomic E-state index is 0.492. The van der Waals surface area contributed by atoms with Crippen LogP contribution in [0.3, 0.4) is 0 Å². The quantitative estimate of drug-likeness (QED) is 0.690. The molecule has 72 valence electrons. The van der Waals surface area contributed by atoms with Gasteiger partial charge in [0.05, 0.1) is 6.04 Å². The predicted molar refractivity (Wildman–Crippen MR) is 58.1 cm³/mol. The molecule has 13 heavy (non-hydrogen) atoms. The molecular weight excluding hydrogens is 160 g/mol. The van der Waals surface area contributed by atoms with Gasteiger partial charge in [0.1, 0.15) is 0 Å². The third-order valence-corrected chi connectivity index (χ3v) is 2.18. The second kappa shape index (κ2) is 4.87. The minimum absolute atomic E-state index is 0.492. The van der Waals surface area contributed by atoms with Gasteiger partial charge in [-0.1, -0.05) is 32.0 Å². The molecule has 0 amide bonds. The lowest BCUT2D eigenvalue weighted by atomic mass is 10.1. The SMILES string of the molecule is CC.CNC1CNc2ccccc21. The van der Waals surface area contributed by atoms with Crippen molar-refractivity contribution in [2.45, 2.75) is 19.9 Å². The van der Waals surface area contributed by atoms with Gasteiger partial charge in [0.25, 0.3) is 0 Å². The van der Waals surface area contributed by atoms with Gasteiger partial charge in [0.15, 0.2) is 0 Å². The van der Waals surface area contributed by atoms with E-state index in [1.807, 2.05) is 20.9 Å². The van der Waals surface area contributed by atoms with E-state index in [-0.39, 0.29) is 0 Å². The van der Waals surface area contributed by atoms with Gasteiger partial charge >= 0.3 is 0 Å². The number of hydrogen-bond acceptors (Lipinski definition) is 2. The highest BCUT2D eigenvalue weighted by Gasteiger charge is 2.18. The summed E-state index contributed by atoms with van der Waals surface area (Å²) in [7, 11) is 1.99. The number of fused-ring (bicyclic) bond motifs is 1. The number of hydrogen-bond donors (Lipinski definition) is 2. The molecule has 1 aliphatic rings. The van der Waals surface area contributed by atoms with Gasteiger partial charge in [-0.15, -0.1) is 0 Å². The van der Waals surface area contributed by atoms with Crippen molar-refractivity contribution in [1.82, 2.24) is 5.32 Å². The molecule has 0 aromatic heterocycles. The Morgan fingerprint density at radius 3 is 2.69 bits per heavy atom. The van der Waals surface area contributed by atoms with Gasteiger partial charge in [-0.05, 0) is 18.7 Å². The van der Waals surface area contributed by atoms with Crippen LogP contribution in [-0.4, -0.2) is 13.6 Å². The van der Waals surface area contributed by atoms with E-state index < -0.39 is 0 Å². The third-order valence-electron chi connectivity index (χ3n) is 2.18. The number of para-hydroxylation sites is 1. The lowest BCUT2D eigenvalue weighted by Gasteiger charge is -2.06. The summed E-state index contributed by atoms with van der Waals surface area (Å²) in [5.41, 5.74) is 2.65. The van der Waals surface area contributed by atoms with E-state index in [4.69, 9.17) is 0 Å². The van der Waals surface area contributed by atoms with Crippen LogP contribution in [0, 0.1) is 0 Å². The maximum Gasteiger partial charge on any atom is 0.0513 e. The van der Waals surface area contributed by atoms with E-state index >= 15 is 0 Å². The van der Waals surface area contributed by atoms with Crippen LogP contribution < -0.4 is 10.6 Å². The van der Waals surface area contributed by atoms with Crippen molar-refractivity contribution in [2.75, 3.05) is 18.9 Å². The predicted octanol–water partition coefficient (Wildman–Crippen LogP) is 2.40. The largest absolute Gasteiger partial charge is 0.383 e. The topological polar surface area (TPSA) is 24.1 Å². The van der Waals surface area contributed by atoms with Crippen molar-refractivity contribution in [3.8, 4) is 0 Å². The fourth-order valence-electron chi connectivity index (χ4n) is 1.54. The van der Waals surface area contributed by atoms with Crippen LogP contribution in [0.15, 0.2) is 24.3 Å². The van der Waals surface area contributed by atoms with Crippen LogP contribution >= 0.6 is 0 Å². The average Bonchev–Trinajstić information content (AvgIpc) is 2.64. The first-order valence-corrected chi connectivity index (χ1v) is 4.92. The monoisotopic (exact) mass is 178 g/mol. The molecule has 0 spiro atoms. The molecule has 2 N–H and O–H groups in total. The zero-order valence-electron chi connectivity index (χ0n) is 8.59. The van der Waals surface area contributed by atoms with Crippen LogP contribution in [0.5, 0.6) is 0 Å². The standard InChI is InChI=1S/C9H12N2.C2H6/c1-10-9-6-11-8-5-3-2-4-7(8)9;1-2/h2-5,9-11H,6H2,1H3;1-2H3. The van der Waals surface area contributed by atoms with Crippen molar-refractivity contribution >= 4 is 5.69 Å². The molecule has 0 aliphatic carbocycles. The molecule has 1 aliphatic heterocycles. The summed E-state index contributed by atoms with van der Waals surface area (Å²) in [5.74, 6) is 0. The smallest absolute Gasteiger partial charge is 0.0513 e. The Bertz CT molecular complexity index is 258. The normalized spacial score (nSPS) is 18.2. The number of likely N-dealkylation sites (N-methyl/N-ethyl adjacent to an activating group) is 1. The molecule has 1 atom stereocenters. The first-order chi connectivity index (χ1) is 6.42. The third kappa shape index (κ3) is 2.01. The molecule has 1 aromatic rings. The Hall–Kier alpha value is -1.02. The summed E-state index contributed by atoms with van der Waals surface area (Å²) >= 11 is 0. The molecule has 0 saturated carbocycles. The molecule has 0 saturated heterocycles. The first-order valence-electron chi connectivity index (χ1n) is 4.92. The Labute approximate surface area is 80.4 Å². The van der Waals surface area contributed by atoms with E-state index in [2.05, 4.69) is 34.9 Å². The van der Waals surface area contributed by atoms with Gasteiger partial charge in [-0.2, -0.15) is 0 Å². The van der Waals surface area contributed by atoms with Crippen molar-refractivity contribution in [3.63, 3.8) is 0 Å². The number of anilines is 1. The highest BCUT2D eigenvalue weighted by Crippen LogP contribution is 2.28. The summed E-state index contributed by atoms with van der Waals surface area (Å²) in [6.45, 7) is 5.01. The van der Waals surface area contributed by atoms with E-state index in [9.17, 15) is 0 Å². The summed E-state index contributed by atoms with van der Waals surface area (Å²) < 4.78 is 0. The molecule has 2 heteroatoms. The van der Waals surface area contributed by atoms with Crippen molar-refractivity contribution in [3.05, 3.63) is 29.8 Å². The summed E-state index contributed by atoms with van der Waals surface area (Å²) in [5, 5.41) is 6.60. The number of benzene rings is 1. The van der Waals surface area contributed by atoms with E-state index in [0.717, 1.165) is 6.54 Å². The maximum absolute atomic E-state index is 3.34. The summed E-state index contributed by atoms with van der Waals surface area (Å²) in [6.07, 6.45) is 0.